The van der Waals surface area contributed by atoms with E-state index in [-0.39, 0.29) is 0 Å². The lowest BCUT2D eigenvalue weighted by atomic mass is 13.8. The molecule has 0 amide bonds. The molecule has 0 aromatic rings. The fraction of sp³-hybridized carbons (Fsp3) is 0. The molecule has 0 rings (SSSR count). The Morgan fingerprint density at radius 2 is 1.14 bits per heavy atom. The summed E-state index contributed by atoms with van der Waals surface area (Å²) in [4.78, 5) is 7.75. The Hall–Kier alpha value is -0.530. The van der Waals surface area contributed by atoms with Crippen molar-refractivity contribution in [2.45, 2.75) is 0 Å². The van der Waals surface area contributed by atoms with Gasteiger partial charge >= 0.3 is 10.4 Å². The predicted molar refractivity (Wildman–Crippen MR) is 19.5 cm³/mol. The van der Waals surface area contributed by atoms with Gasteiger partial charge in [-0.2, -0.15) is 8.42 Å². The lowest BCUT2D eigenvalue weighted by molar-refractivity contribution is -0.142. The standard InChI is InChI=1S/H2NO.H2O4S/c1-2;1-5(2,3)4/h1H2;(H2,1,2,3,4)/q+1;. The summed E-state index contributed by atoms with van der Waals surface area (Å²) in [5, 5.41) is 0. The van der Waals surface area contributed by atoms with Crippen LogP contribution < -0.4 is 5.59 Å². The summed E-state index contributed by atoms with van der Waals surface area (Å²) in [6.07, 6.45) is 0. The molecule has 4 N–H and O–H groups in total. The molecular formula is H4NO5S+. The maximum Gasteiger partial charge on any atom is 0.394 e. The Bertz CT molecular complexity index is 102. The van der Waals surface area contributed by atoms with Crippen LogP contribution in [0.3, 0.4) is 0 Å². The van der Waals surface area contributed by atoms with Gasteiger partial charge in [0.25, 0.3) is 0 Å². The zero-order chi connectivity index (χ0) is 6.50. The van der Waals surface area contributed by atoms with Crippen LogP contribution in [0.4, 0.5) is 0 Å². The van der Waals surface area contributed by atoms with Crippen LogP contribution in [-0.2, 0) is 10.4 Å². The maximum atomic E-state index is 8.74. The maximum absolute atomic E-state index is 8.74. The third kappa shape index (κ3) is 234. The highest BCUT2D eigenvalue weighted by molar-refractivity contribution is 7.79. The molecule has 0 saturated heterocycles. The zero-order valence-electron chi connectivity index (χ0n) is 3.10. The molecule has 7 heavy (non-hydrogen) atoms. The van der Waals surface area contributed by atoms with Crippen molar-refractivity contribution in [3.8, 4) is 0 Å². The molecule has 0 heterocycles. The lowest BCUT2D eigenvalue weighted by Crippen LogP contribution is -2.18. The van der Waals surface area contributed by atoms with Crippen molar-refractivity contribution < 1.29 is 23.1 Å². The molecule has 0 aromatic heterocycles. The van der Waals surface area contributed by atoms with Crippen molar-refractivity contribution in [2.75, 3.05) is 0 Å². The van der Waals surface area contributed by atoms with Gasteiger partial charge in [0.05, 0.1) is 0 Å². The van der Waals surface area contributed by atoms with E-state index < -0.39 is 10.4 Å². The van der Waals surface area contributed by atoms with E-state index in [4.69, 9.17) is 22.4 Å². The van der Waals surface area contributed by atoms with Crippen LogP contribution in [-0.4, -0.2) is 17.5 Å². The molecule has 0 aliphatic rings. The number of hydrogen-bond donors (Lipinski definition) is 3. The Labute approximate surface area is 39.5 Å². The summed E-state index contributed by atoms with van der Waals surface area (Å²) in [7, 11) is -4.67. The second-order valence-electron chi connectivity index (χ2n) is 0.448. The van der Waals surface area contributed by atoms with E-state index in [1.54, 1.807) is 0 Å². The minimum absolute atomic E-state index is 3.25. The topological polar surface area (TPSA) is 117 Å². The summed E-state index contributed by atoms with van der Waals surface area (Å²) < 4.78 is 31.6. The molecule has 0 unspecified atom stereocenters. The van der Waals surface area contributed by atoms with Crippen molar-refractivity contribution in [3.63, 3.8) is 0 Å². The van der Waals surface area contributed by atoms with Crippen LogP contribution in [0, 0.1) is 4.91 Å². The molecule has 0 bridgehead atoms. The van der Waals surface area contributed by atoms with Crippen molar-refractivity contribution in [3.05, 3.63) is 4.91 Å². The molecule has 0 aromatic carbocycles. The Morgan fingerprint density at radius 3 is 1.14 bits per heavy atom. The molecule has 0 radical (unpaired) electrons. The average molecular weight is 130 g/mol. The monoisotopic (exact) mass is 130 g/mol. The van der Waals surface area contributed by atoms with Gasteiger partial charge in [0.15, 0.2) is 0 Å². The Balaban J connectivity index is 0. The van der Waals surface area contributed by atoms with Crippen LogP contribution in [0.25, 0.3) is 0 Å². The molecule has 0 spiro atoms. The average Bonchev–Trinajstić information content (AvgIpc) is 1.36. The van der Waals surface area contributed by atoms with Crippen LogP contribution in [0.1, 0.15) is 0 Å². The third-order valence-electron chi connectivity index (χ3n) is 0. The first-order chi connectivity index (χ1) is 3.00. The number of hydrogen-bond acceptors (Lipinski definition) is 3. The van der Waals surface area contributed by atoms with E-state index in [1.165, 1.54) is 0 Å². The molecule has 0 atom stereocenters. The quantitative estimate of drug-likeness (QED) is 0.323. The van der Waals surface area contributed by atoms with Crippen molar-refractivity contribution in [1.82, 2.24) is 0 Å². The van der Waals surface area contributed by atoms with Crippen LogP contribution in [0.5, 0.6) is 0 Å². The molecule has 0 aliphatic heterocycles. The second kappa shape index (κ2) is 3.65. The number of nitrogens with two attached hydrogens (primary N) is 1. The highest BCUT2D eigenvalue weighted by Crippen LogP contribution is 1.59. The van der Waals surface area contributed by atoms with Gasteiger partial charge in [0.1, 0.15) is 0 Å². The molecule has 44 valence electrons. The van der Waals surface area contributed by atoms with Crippen LogP contribution in [0.15, 0.2) is 0 Å². The van der Waals surface area contributed by atoms with Gasteiger partial charge in [-0.25, -0.2) is 0 Å². The molecule has 7 heteroatoms. The fourth-order valence-electron chi connectivity index (χ4n) is 0. The van der Waals surface area contributed by atoms with Crippen LogP contribution in [0.2, 0.25) is 0 Å². The number of nitroso groups, excluding NO2 is 1. The predicted octanol–water partition coefficient (Wildman–Crippen LogP) is -2.14. The van der Waals surface area contributed by atoms with Gasteiger partial charge in [-0.1, -0.05) is 0 Å². The van der Waals surface area contributed by atoms with Crippen molar-refractivity contribution in [1.29, 1.82) is 0 Å². The van der Waals surface area contributed by atoms with E-state index in [0.717, 1.165) is 0 Å². The smallest absolute Gasteiger partial charge is 0.264 e. The van der Waals surface area contributed by atoms with E-state index in [0.29, 0.717) is 0 Å². The van der Waals surface area contributed by atoms with Gasteiger partial charge < -0.3 is 0 Å². The summed E-state index contributed by atoms with van der Waals surface area (Å²) in [6, 6.07) is 0. The van der Waals surface area contributed by atoms with Gasteiger partial charge in [-0.15, -0.1) is 0 Å². The van der Waals surface area contributed by atoms with Gasteiger partial charge in [-0.05, 0) is 5.59 Å². The van der Waals surface area contributed by atoms with Gasteiger partial charge in [-0.3, -0.25) is 9.11 Å². The summed E-state index contributed by atoms with van der Waals surface area (Å²) in [5.74, 6) is 0. The van der Waals surface area contributed by atoms with Crippen molar-refractivity contribution >= 4 is 10.4 Å². The summed E-state index contributed by atoms with van der Waals surface area (Å²) in [6.45, 7) is 0. The number of rotatable bonds is 0. The lowest BCUT2D eigenvalue weighted by Gasteiger charge is -1.68. The van der Waals surface area contributed by atoms with Gasteiger partial charge in [0.2, 0.25) is 0 Å². The first kappa shape index (κ1) is 9.69. The first-order valence-corrected chi connectivity index (χ1v) is 2.33. The molecule has 0 fully saturated rings. The van der Waals surface area contributed by atoms with E-state index in [9.17, 15) is 0 Å². The van der Waals surface area contributed by atoms with Crippen molar-refractivity contribution in [2.24, 2.45) is 0 Å². The highest BCUT2D eigenvalue weighted by Gasteiger charge is 1.84. The van der Waals surface area contributed by atoms with E-state index in [2.05, 4.69) is 5.59 Å². The Morgan fingerprint density at radius 1 is 1.14 bits per heavy atom. The third-order valence-corrected chi connectivity index (χ3v) is 0. The Kier molecular flexibility index (Phi) is 5.06. The minimum atomic E-state index is -4.67. The molecule has 6 nitrogen and oxygen atoms in total. The zero-order valence-corrected chi connectivity index (χ0v) is 3.92. The normalized spacial score (nSPS) is 8.86. The largest absolute Gasteiger partial charge is 0.394 e. The summed E-state index contributed by atoms with van der Waals surface area (Å²) >= 11 is 0. The first-order valence-electron chi connectivity index (χ1n) is 0.934. The van der Waals surface area contributed by atoms with Gasteiger partial charge in [0, 0.05) is 4.91 Å². The minimum Gasteiger partial charge on any atom is -0.264 e. The SMILES string of the molecule is O=S(=O)(O)O.[NH2+]=O. The highest BCUT2D eigenvalue weighted by atomic mass is 32.3. The molecular weight excluding hydrogens is 126 g/mol. The summed E-state index contributed by atoms with van der Waals surface area (Å²) in [5.41, 5.74) is 3.25. The van der Waals surface area contributed by atoms with Crippen LogP contribution >= 0.6 is 0 Å². The fourth-order valence-corrected chi connectivity index (χ4v) is 0. The second-order valence-corrected chi connectivity index (χ2v) is 1.34. The van der Waals surface area contributed by atoms with E-state index >= 15 is 0 Å². The van der Waals surface area contributed by atoms with E-state index in [1.807, 2.05) is 0 Å². The molecule has 0 aliphatic carbocycles. The molecule has 0 saturated carbocycles.